The number of carbonyl (C=O) groups is 2. The van der Waals surface area contributed by atoms with Gasteiger partial charge in [0.25, 0.3) is 5.91 Å². The summed E-state index contributed by atoms with van der Waals surface area (Å²) < 4.78 is 1.86. The highest BCUT2D eigenvalue weighted by atomic mass is 127. The predicted molar refractivity (Wildman–Crippen MR) is 143 cm³/mol. The zero-order valence-corrected chi connectivity index (χ0v) is 22.7. The molecule has 0 bridgehead atoms. The average molecular weight is 639 g/mol. The maximum atomic E-state index is 13.6. The Morgan fingerprint density at radius 3 is 2.85 bits per heavy atom. The molecule has 0 unspecified atom stereocenters. The van der Waals surface area contributed by atoms with Gasteiger partial charge in [-0.05, 0) is 71.3 Å². The Morgan fingerprint density at radius 1 is 1.32 bits per heavy atom. The summed E-state index contributed by atoms with van der Waals surface area (Å²) in [7, 11) is 0. The van der Waals surface area contributed by atoms with Gasteiger partial charge in [0, 0.05) is 32.5 Å². The summed E-state index contributed by atoms with van der Waals surface area (Å²) >= 11 is 5.72. The second kappa shape index (κ2) is 10.5. The molecule has 0 spiro atoms. The van der Waals surface area contributed by atoms with Gasteiger partial charge in [-0.3, -0.25) is 9.59 Å². The molecule has 6 nitrogen and oxygen atoms in total. The van der Waals surface area contributed by atoms with Crippen LogP contribution in [0.25, 0.3) is 0 Å². The molecule has 2 heterocycles. The van der Waals surface area contributed by atoms with E-state index in [0.29, 0.717) is 24.3 Å². The predicted octanol–water partition coefficient (Wildman–Crippen LogP) is 4.35. The number of benzene rings is 2. The van der Waals surface area contributed by atoms with E-state index in [9.17, 15) is 19.8 Å². The number of rotatable bonds is 7. The molecule has 8 heteroatoms. The molecule has 34 heavy (non-hydrogen) atoms. The van der Waals surface area contributed by atoms with E-state index in [1.54, 1.807) is 34.9 Å². The monoisotopic (exact) mass is 638 g/mol. The van der Waals surface area contributed by atoms with Crippen molar-refractivity contribution >= 4 is 56.0 Å². The van der Waals surface area contributed by atoms with E-state index in [4.69, 9.17) is 0 Å². The van der Waals surface area contributed by atoms with Gasteiger partial charge in [-0.1, -0.05) is 47.1 Å². The van der Waals surface area contributed by atoms with E-state index in [2.05, 4.69) is 38.5 Å². The van der Waals surface area contributed by atoms with E-state index in [1.165, 1.54) is 0 Å². The number of likely N-dealkylation sites (tertiary alicyclic amines) is 1. The molecule has 4 rings (SSSR count). The molecule has 2 N–H and O–H groups in total. The molecule has 0 aromatic heterocycles. The van der Waals surface area contributed by atoms with Crippen LogP contribution < -0.4 is 4.90 Å². The van der Waals surface area contributed by atoms with Gasteiger partial charge < -0.3 is 20.0 Å². The van der Waals surface area contributed by atoms with Gasteiger partial charge in [0.2, 0.25) is 5.91 Å². The van der Waals surface area contributed by atoms with Crippen LogP contribution in [0.15, 0.2) is 59.1 Å². The number of hydrogen-bond donors (Lipinski definition) is 2. The molecule has 0 aliphatic carbocycles. The fourth-order valence-corrected chi connectivity index (χ4v) is 5.85. The fourth-order valence-electron chi connectivity index (χ4n) is 4.88. The van der Waals surface area contributed by atoms with Crippen molar-refractivity contribution in [1.29, 1.82) is 0 Å². The van der Waals surface area contributed by atoms with Crippen LogP contribution in [0.1, 0.15) is 37.3 Å². The van der Waals surface area contributed by atoms with Crippen molar-refractivity contribution in [2.45, 2.75) is 44.4 Å². The van der Waals surface area contributed by atoms with Crippen molar-refractivity contribution in [2.24, 2.45) is 5.92 Å². The highest BCUT2D eigenvalue weighted by Crippen LogP contribution is 2.46. The molecule has 2 amide bonds. The average Bonchev–Trinajstić information content (AvgIpc) is 3.37. The molecule has 1 saturated heterocycles. The van der Waals surface area contributed by atoms with Crippen molar-refractivity contribution in [3.8, 4) is 0 Å². The molecule has 2 aromatic rings. The molecule has 2 aromatic carbocycles. The SMILES string of the molecule is C[C@@H](/C=C/CC(=O)N1CCC[C@H]1CO)[C@]1(O)C(=O)N(Cc2cccc(I)c2)c2ccc(Br)cc21. The summed E-state index contributed by atoms with van der Waals surface area (Å²) in [5.41, 5.74) is 0.493. The van der Waals surface area contributed by atoms with E-state index in [1.807, 2.05) is 36.4 Å². The highest BCUT2D eigenvalue weighted by Gasteiger charge is 2.52. The molecule has 0 radical (unpaired) electrons. The molecule has 2 aliphatic rings. The van der Waals surface area contributed by atoms with E-state index >= 15 is 0 Å². The Kier molecular flexibility index (Phi) is 7.81. The number of carbonyl (C=O) groups excluding carboxylic acids is 2. The van der Waals surface area contributed by atoms with Crippen LogP contribution in [-0.2, 0) is 21.7 Å². The molecule has 180 valence electrons. The first-order valence-corrected chi connectivity index (χ1v) is 13.3. The summed E-state index contributed by atoms with van der Waals surface area (Å²) in [6, 6.07) is 13.4. The van der Waals surface area contributed by atoms with Gasteiger partial charge in [-0.15, -0.1) is 0 Å². The highest BCUT2D eigenvalue weighted by molar-refractivity contribution is 14.1. The quantitative estimate of drug-likeness (QED) is 0.349. The lowest BCUT2D eigenvalue weighted by molar-refractivity contribution is -0.139. The minimum absolute atomic E-state index is 0.0257. The van der Waals surface area contributed by atoms with Gasteiger partial charge >= 0.3 is 0 Å². The molecule has 1 fully saturated rings. The number of aliphatic hydroxyl groups excluding tert-OH is 1. The van der Waals surface area contributed by atoms with Crippen LogP contribution >= 0.6 is 38.5 Å². The third-order valence-corrected chi connectivity index (χ3v) is 7.91. The van der Waals surface area contributed by atoms with Crippen molar-refractivity contribution in [2.75, 3.05) is 18.1 Å². The summed E-state index contributed by atoms with van der Waals surface area (Å²) in [5.74, 6) is -0.968. The Morgan fingerprint density at radius 2 is 2.12 bits per heavy atom. The zero-order valence-electron chi connectivity index (χ0n) is 19.0. The first-order chi connectivity index (χ1) is 16.3. The molecule has 2 aliphatic heterocycles. The fraction of sp³-hybridized carbons (Fsp3) is 0.385. The number of fused-ring (bicyclic) bond motifs is 1. The standard InChI is InChI=1S/C26H28BrIN2O4/c1-17(5-2-9-24(32)29-12-4-8-21(29)16-31)26(34)22-14-19(27)10-11-23(22)30(25(26)33)15-18-6-3-7-20(28)13-18/h2-3,5-7,10-11,13-14,17,21,31,34H,4,8-9,12,15-16H2,1H3/b5-2+/t17-,21-,26+/m0/s1. The van der Waals surface area contributed by atoms with E-state index < -0.39 is 11.5 Å². The van der Waals surface area contributed by atoms with Gasteiger partial charge in [0.15, 0.2) is 5.60 Å². The van der Waals surface area contributed by atoms with Gasteiger partial charge in [-0.2, -0.15) is 0 Å². The van der Waals surface area contributed by atoms with Crippen molar-refractivity contribution < 1.29 is 19.8 Å². The lowest BCUT2D eigenvalue weighted by Crippen LogP contribution is -2.44. The minimum atomic E-state index is -1.73. The van der Waals surface area contributed by atoms with Gasteiger partial charge in [-0.25, -0.2) is 0 Å². The number of aliphatic hydroxyl groups is 2. The van der Waals surface area contributed by atoms with Crippen LogP contribution in [0, 0.1) is 9.49 Å². The number of nitrogens with zero attached hydrogens (tertiary/aromatic N) is 2. The van der Waals surface area contributed by atoms with Crippen molar-refractivity contribution in [3.05, 3.63) is 73.8 Å². The van der Waals surface area contributed by atoms with Crippen molar-refractivity contribution in [3.63, 3.8) is 0 Å². The molecule has 3 atom stereocenters. The minimum Gasteiger partial charge on any atom is -0.394 e. The third kappa shape index (κ3) is 4.82. The molecular weight excluding hydrogens is 611 g/mol. The Bertz CT molecular complexity index is 1120. The topological polar surface area (TPSA) is 81.1 Å². The second-order valence-electron chi connectivity index (χ2n) is 8.94. The lowest BCUT2D eigenvalue weighted by Gasteiger charge is -2.28. The first kappa shape index (κ1) is 25.3. The normalized spacial score (nSPS) is 23.1. The van der Waals surface area contributed by atoms with Crippen LogP contribution in [0.4, 0.5) is 5.69 Å². The van der Waals surface area contributed by atoms with Gasteiger partial charge in [0.05, 0.1) is 24.9 Å². The number of anilines is 1. The first-order valence-electron chi connectivity index (χ1n) is 11.4. The zero-order chi connectivity index (χ0) is 24.5. The maximum Gasteiger partial charge on any atom is 0.264 e. The second-order valence-corrected chi connectivity index (χ2v) is 11.1. The largest absolute Gasteiger partial charge is 0.394 e. The third-order valence-electron chi connectivity index (χ3n) is 6.75. The Labute approximate surface area is 221 Å². The van der Waals surface area contributed by atoms with Crippen molar-refractivity contribution in [1.82, 2.24) is 4.90 Å². The summed E-state index contributed by atoms with van der Waals surface area (Å²) in [4.78, 5) is 29.6. The number of halogens is 2. The van der Waals surface area contributed by atoms with Gasteiger partial charge in [0.1, 0.15) is 0 Å². The lowest BCUT2D eigenvalue weighted by atomic mass is 9.83. The van der Waals surface area contributed by atoms with E-state index in [-0.39, 0.29) is 30.9 Å². The summed E-state index contributed by atoms with van der Waals surface area (Å²) in [6.07, 6.45) is 5.36. The Hall–Kier alpha value is -1.75. The van der Waals surface area contributed by atoms with E-state index in [0.717, 1.165) is 26.4 Å². The van der Waals surface area contributed by atoms with Crippen LogP contribution in [0.2, 0.25) is 0 Å². The molecular formula is C26H28BrIN2O4. The Balaban J connectivity index is 1.56. The smallest absolute Gasteiger partial charge is 0.264 e. The maximum absolute atomic E-state index is 13.6. The summed E-state index contributed by atoms with van der Waals surface area (Å²) in [5, 5.41) is 21.2. The van der Waals surface area contributed by atoms with Crippen LogP contribution in [0.3, 0.4) is 0 Å². The summed E-state index contributed by atoms with van der Waals surface area (Å²) in [6.45, 7) is 2.79. The number of hydrogen-bond acceptors (Lipinski definition) is 4. The van der Waals surface area contributed by atoms with Crippen LogP contribution in [-0.4, -0.2) is 46.1 Å². The molecule has 0 saturated carbocycles. The number of amides is 2. The van der Waals surface area contributed by atoms with Crippen LogP contribution in [0.5, 0.6) is 0 Å².